The zero-order chi connectivity index (χ0) is 14.8. The largest absolute Gasteiger partial charge is 0.388 e. The monoisotopic (exact) mass is 279 g/mol. The van der Waals surface area contributed by atoms with Gasteiger partial charge in [0.05, 0.1) is 5.60 Å². The number of hydrogen-bond donors (Lipinski definition) is 2. The Morgan fingerprint density at radius 2 is 2.10 bits per heavy atom. The van der Waals surface area contributed by atoms with Crippen molar-refractivity contribution in [2.24, 2.45) is 5.92 Å². The quantitative estimate of drug-likeness (QED) is 0.894. The summed E-state index contributed by atoms with van der Waals surface area (Å²) in [5.74, 6) is 0.0623. The SMILES string of the molecule is Cc1cc(C(=O)NCC2(O)CCC(C)CC2)ccc1F. The van der Waals surface area contributed by atoms with E-state index in [1.165, 1.54) is 18.2 Å². The summed E-state index contributed by atoms with van der Waals surface area (Å²) >= 11 is 0. The molecule has 0 aromatic heterocycles. The van der Waals surface area contributed by atoms with Crippen LogP contribution in [0.3, 0.4) is 0 Å². The van der Waals surface area contributed by atoms with Gasteiger partial charge in [0.2, 0.25) is 0 Å². The minimum atomic E-state index is -0.794. The van der Waals surface area contributed by atoms with Gasteiger partial charge in [-0.2, -0.15) is 0 Å². The first-order valence-corrected chi connectivity index (χ1v) is 7.16. The van der Waals surface area contributed by atoms with E-state index in [-0.39, 0.29) is 18.3 Å². The number of nitrogens with one attached hydrogen (secondary N) is 1. The highest BCUT2D eigenvalue weighted by atomic mass is 19.1. The van der Waals surface area contributed by atoms with Crippen molar-refractivity contribution in [2.75, 3.05) is 6.54 Å². The van der Waals surface area contributed by atoms with Gasteiger partial charge >= 0.3 is 0 Å². The third kappa shape index (κ3) is 3.57. The highest BCUT2D eigenvalue weighted by Crippen LogP contribution is 2.31. The Bertz CT molecular complexity index is 493. The third-order valence-electron chi connectivity index (χ3n) is 4.20. The second-order valence-electron chi connectivity index (χ2n) is 6.05. The van der Waals surface area contributed by atoms with E-state index in [2.05, 4.69) is 12.2 Å². The fourth-order valence-corrected chi connectivity index (χ4v) is 2.61. The van der Waals surface area contributed by atoms with Gasteiger partial charge in [-0.15, -0.1) is 0 Å². The number of carbonyl (C=O) groups excluding carboxylic acids is 1. The van der Waals surface area contributed by atoms with Gasteiger partial charge in [-0.25, -0.2) is 4.39 Å². The Balaban J connectivity index is 1.93. The molecule has 110 valence electrons. The smallest absolute Gasteiger partial charge is 0.251 e. The van der Waals surface area contributed by atoms with Crippen LogP contribution in [0.4, 0.5) is 4.39 Å². The number of rotatable bonds is 3. The summed E-state index contributed by atoms with van der Waals surface area (Å²) in [5, 5.41) is 13.2. The van der Waals surface area contributed by atoms with Gasteiger partial charge in [0.1, 0.15) is 5.82 Å². The van der Waals surface area contributed by atoms with E-state index in [1.807, 2.05) is 0 Å². The van der Waals surface area contributed by atoms with Crippen LogP contribution >= 0.6 is 0 Å². The number of benzene rings is 1. The summed E-state index contributed by atoms with van der Waals surface area (Å²) in [5.41, 5.74) is 0.0802. The molecule has 20 heavy (non-hydrogen) atoms. The molecule has 1 aromatic carbocycles. The molecule has 0 spiro atoms. The van der Waals surface area contributed by atoms with Crippen LogP contribution in [0.25, 0.3) is 0 Å². The molecule has 0 bridgehead atoms. The second kappa shape index (κ2) is 5.92. The lowest BCUT2D eigenvalue weighted by molar-refractivity contribution is -0.00540. The van der Waals surface area contributed by atoms with Crippen molar-refractivity contribution in [2.45, 2.75) is 45.1 Å². The molecule has 0 atom stereocenters. The number of hydrogen-bond acceptors (Lipinski definition) is 2. The minimum absolute atomic E-state index is 0.259. The molecule has 2 rings (SSSR count). The molecule has 1 saturated carbocycles. The molecule has 0 unspecified atom stereocenters. The Morgan fingerprint density at radius 1 is 1.45 bits per heavy atom. The molecule has 1 aliphatic rings. The number of halogens is 1. The maximum atomic E-state index is 13.2. The molecule has 1 fully saturated rings. The van der Waals surface area contributed by atoms with Gasteiger partial charge in [-0.05, 0) is 62.3 Å². The highest BCUT2D eigenvalue weighted by Gasteiger charge is 2.32. The Kier molecular flexibility index (Phi) is 4.43. The van der Waals surface area contributed by atoms with Gasteiger partial charge in [0.15, 0.2) is 0 Å². The molecule has 2 N–H and O–H groups in total. The Hall–Kier alpha value is -1.42. The maximum Gasteiger partial charge on any atom is 0.251 e. The molecule has 1 amide bonds. The highest BCUT2D eigenvalue weighted by molar-refractivity contribution is 5.94. The summed E-state index contributed by atoms with van der Waals surface area (Å²) in [6, 6.07) is 4.28. The predicted octanol–water partition coefficient (Wildman–Crippen LogP) is 2.81. The van der Waals surface area contributed by atoms with E-state index >= 15 is 0 Å². The molecule has 0 radical (unpaired) electrons. The standard InChI is InChI=1S/C16H22FNO2/c1-11-5-7-16(20,8-6-11)10-18-15(19)13-3-4-14(17)12(2)9-13/h3-4,9,11,20H,5-8,10H2,1-2H3,(H,18,19). The summed E-state index contributed by atoms with van der Waals surface area (Å²) in [6.07, 6.45) is 3.41. The first kappa shape index (κ1) is 15.0. The maximum absolute atomic E-state index is 13.2. The molecule has 1 aromatic rings. The van der Waals surface area contributed by atoms with Gasteiger partial charge in [-0.1, -0.05) is 6.92 Å². The molecular formula is C16H22FNO2. The van der Waals surface area contributed by atoms with E-state index in [0.29, 0.717) is 17.0 Å². The average Bonchev–Trinajstić information content (AvgIpc) is 2.43. The molecule has 1 aliphatic carbocycles. The Morgan fingerprint density at radius 3 is 2.70 bits per heavy atom. The predicted molar refractivity (Wildman–Crippen MR) is 76.1 cm³/mol. The number of carbonyl (C=O) groups is 1. The van der Waals surface area contributed by atoms with Crippen molar-refractivity contribution in [3.8, 4) is 0 Å². The lowest BCUT2D eigenvalue weighted by Gasteiger charge is -2.34. The average molecular weight is 279 g/mol. The molecule has 4 heteroatoms. The van der Waals surface area contributed by atoms with E-state index < -0.39 is 5.60 Å². The summed E-state index contributed by atoms with van der Waals surface area (Å²) in [4.78, 5) is 12.0. The van der Waals surface area contributed by atoms with Crippen molar-refractivity contribution in [1.82, 2.24) is 5.32 Å². The van der Waals surface area contributed by atoms with Crippen LogP contribution in [-0.2, 0) is 0 Å². The van der Waals surface area contributed by atoms with Crippen LogP contribution in [0.15, 0.2) is 18.2 Å². The fraction of sp³-hybridized carbons (Fsp3) is 0.562. The first-order chi connectivity index (χ1) is 9.39. The summed E-state index contributed by atoms with van der Waals surface area (Å²) in [7, 11) is 0. The molecule has 0 heterocycles. The lowest BCUT2D eigenvalue weighted by atomic mass is 9.79. The number of aliphatic hydroxyl groups is 1. The minimum Gasteiger partial charge on any atom is -0.388 e. The lowest BCUT2D eigenvalue weighted by Crippen LogP contribution is -2.45. The third-order valence-corrected chi connectivity index (χ3v) is 4.20. The topological polar surface area (TPSA) is 49.3 Å². The van der Waals surface area contributed by atoms with Crippen LogP contribution in [0.1, 0.15) is 48.5 Å². The van der Waals surface area contributed by atoms with Gasteiger partial charge in [0, 0.05) is 12.1 Å². The van der Waals surface area contributed by atoms with Crippen LogP contribution in [0.5, 0.6) is 0 Å². The fourth-order valence-electron chi connectivity index (χ4n) is 2.61. The van der Waals surface area contributed by atoms with Crippen molar-refractivity contribution >= 4 is 5.91 Å². The zero-order valence-corrected chi connectivity index (χ0v) is 12.1. The van der Waals surface area contributed by atoms with Crippen LogP contribution < -0.4 is 5.32 Å². The second-order valence-corrected chi connectivity index (χ2v) is 6.05. The van der Waals surface area contributed by atoms with Crippen molar-refractivity contribution in [1.29, 1.82) is 0 Å². The van der Waals surface area contributed by atoms with Crippen molar-refractivity contribution < 1.29 is 14.3 Å². The van der Waals surface area contributed by atoms with E-state index in [9.17, 15) is 14.3 Å². The van der Waals surface area contributed by atoms with Gasteiger partial charge < -0.3 is 10.4 Å². The van der Waals surface area contributed by atoms with Gasteiger partial charge in [-0.3, -0.25) is 4.79 Å². The van der Waals surface area contributed by atoms with Crippen LogP contribution in [-0.4, -0.2) is 23.2 Å². The van der Waals surface area contributed by atoms with Crippen molar-refractivity contribution in [3.63, 3.8) is 0 Å². The van der Waals surface area contributed by atoms with Gasteiger partial charge in [0.25, 0.3) is 5.91 Å². The first-order valence-electron chi connectivity index (χ1n) is 7.16. The molecular weight excluding hydrogens is 257 g/mol. The molecule has 0 saturated heterocycles. The zero-order valence-electron chi connectivity index (χ0n) is 12.1. The number of amides is 1. The normalized spacial score (nSPS) is 26.3. The summed E-state index contributed by atoms with van der Waals surface area (Å²) in [6.45, 7) is 4.07. The number of aryl methyl sites for hydroxylation is 1. The Labute approximate surface area is 119 Å². The molecule has 3 nitrogen and oxygen atoms in total. The van der Waals surface area contributed by atoms with Crippen LogP contribution in [0.2, 0.25) is 0 Å². The van der Waals surface area contributed by atoms with E-state index in [4.69, 9.17) is 0 Å². The molecule has 0 aliphatic heterocycles. The van der Waals surface area contributed by atoms with Crippen molar-refractivity contribution in [3.05, 3.63) is 35.1 Å². The van der Waals surface area contributed by atoms with E-state index in [1.54, 1.807) is 6.92 Å². The van der Waals surface area contributed by atoms with Crippen LogP contribution in [0, 0.1) is 18.7 Å². The van der Waals surface area contributed by atoms with E-state index in [0.717, 1.165) is 25.7 Å². The summed E-state index contributed by atoms with van der Waals surface area (Å²) < 4.78 is 13.2.